The lowest BCUT2D eigenvalue weighted by molar-refractivity contribution is -0.134. The summed E-state index contributed by atoms with van der Waals surface area (Å²) in [6, 6.07) is 5.86. The van der Waals surface area contributed by atoms with Gasteiger partial charge in [-0.15, -0.1) is 0 Å². The molecule has 2 heterocycles. The zero-order valence-electron chi connectivity index (χ0n) is 15.9. The van der Waals surface area contributed by atoms with Crippen molar-refractivity contribution in [3.05, 3.63) is 58.5 Å². The van der Waals surface area contributed by atoms with E-state index >= 15 is 0 Å². The number of furan rings is 1. The highest BCUT2D eigenvalue weighted by Gasteiger charge is 2.31. The van der Waals surface area contributed by atoms with Gasteiger partial charge in [0.25, 0.3) is 5.91 Å². The highest BCUT2D eigenvalue weighted by atomic mass is 16.3. The summed E-state index contributed by atoms with van der Waals surface area (Å²) in [4.78, 5) is 29.4. The van der Waals surface area contributed by atoms with E-state index in [1.54, 1.807) is 12.5 Å². The van der Waals surface area contributed by atoms with Gasteiger partial charge in [0.2, 0.25) is 5.91 Å². The molecule has 2 amide bonds. The Kier molecular flexibility index (Phi) is 5.16. The minimum Gasteiger partial charge on any atom is -0.472 e. The Morgan fingerprint density at radius 2 is 1.85 bits per heavy atom. The van der Waals surface area contributed by atoms with E-state index < -0.39 is 0 Å². The van der Waals surface area contributed by atoms with Gasteiger partial charge >= 0.3 is 0 Å². The molecule has 5 nitrogen and oxygen atoms in total. The minimum absolute atomic E-state index is 0.00229. The number of aryl methyl sites for hydroxylation is 2. The van der Waals surface area contributed by atoms with Gasteiger partial charge in [-0.3, -0.25) is 9.59 Å². The summed E-state index contributed by atoms with van der Waals surface area (Å²) < 4.78 is 5.04. The highest BCUT2D eigenvalue weighted by molar-refractivity contribution is 5.97. The first kappa shape index (κ1) is 18.2. The third-order valence-corrected chi connectivity index (χ3v) is 5.33. The average molecular weight is 354 g/mol. The molecule has 0 saturated carbocycles. The Labute approximate surface area is 154 Å². The van der Waals surface area contributed by atoms with E-state index in [1.807, 2.05) is 49.6 Å². The molecular weight excluding hydrogens is 328 g/mol. The Bertz CT molecular complexity index is 811. The van der Waals surface area contributed by atoms with Crippen LogP contribution in [0.15, 0.2) is 35.1 Å². The monoisotopic (exact) mass is 354 g/mol. The van der Waals surface area contributed by atoms with E-state index in [1.165, 1.54) is 0 Å². The quantitative estimate of drug-likeness (QED) is 0.851. The Hall–Kier alpha value is -2.56. The van der Waals surface area contributed by atoms with Crippen LogP contribution in [0.1, 0.15) is 39.5 Å². The maximum atomic E-state index is 13.1. The second-order valence-corrected chi connectivity index (χ2v) is 7.20. The van der Waals surface area contributed by atoms with Crippen molar-refractivity contribution >= 4 is 11.8 Å². The summed E-state index contributed by atoms with van der Waals surface area (Å²) >= 11 is 0. The molecule has 1 aliphatic heterocycles. The highest BCUT2D eigenvalue weighted by Crippen LogP contribution is 2.22. The van der Waals surface area contributed by atoms with Gasteiger partial charge in [-0.2, -0.15) is 0 Å². The number of hydrogen-bond donors (Lipinski definition) is 0. The van der Waals surface area contributed by atoms with Gasteiger partial charge in [-0.1, -0.05) is 12.1 Å². The van der Waals surface area contributed by atoms with E-state index in [2.05, 4.69) is 6.07 Å². The topological polar surface area (TPSA) is 53.8 Å². The zero-order chi connectivity index (χ0) is 18.8. The van der Waals surface area contributed by atoms with Gasteiger partial charge in [-0.25, -0.2) is 0 Å². The number of amides is 2. The van der Waals surface area contributed by atoms with Crippen LogP contribution in [0.25, 0.3) is 0 Å². The molecular formula is C21H26N2O3. The average Bonchev–Trinajstić information content (AvgIpc) is 3.11. The molecule has 0 N–H and O–H groups in total. The predicted molar refractivity (Wildman–Crippen MR) is 100 cm³/mol. The summed E-state index contributed by atoms with van der Waals surface area (Å²) in [5.41, 5.74) is 4.85. The fourth-order valence-corrected chi connectivity index (χ4v) is 3.62. The van der Waals surface area contributed by atoms with Gasteiger partial charge in [-0.05, 0) is 56.0 Å². The van der Waals surface area contributed by atoms with Gasteiger partial charge in [0.05, 0.1) is 18.9 Å². The van der Waals surface area contributed by atoms with E-state index in [-0.39, 0.29) is 17.9 Å². The first-order valence-electron chi connectivity index (χ1n) is 9.05. The molecule has 1 aromatic heterocycles. The van der Waals surface area contributed by atoms with Crippen LogP contribution in [0.2, 0.25) is 0 Å². The van der Waals surface area contributed by atoms with E-state index in [0.29, 0.717) is 26.1 Å². The molecule has 1 aliphatic rings. The molecule has 1 saturated heterocycles. The van der Waals surface area contributed by atoms with Gasteiger partial charge in [0.15, 0.2) is 0 Å². The molecule has 0 spiro atoms. The summed E-state index contributed by atoms with van der Waals surface area (Å²) in [6.07, 6.45) is 3.52. The van der Waals surface area contributed by atoms with Crippen LogP contribution < -0.4 is 0 Å². The molecule has 1 fully saturated rings. The zero-order valence-corrected chi connectivity index (χ0v) is 15.9. The van der Waals surface area contributed by atoms with Crippen molar-refractivity contribution < 1.29 is 14.0 Å². The summed E-state index contributed by atoms with van der Waals surface area (Å²) in [6.45, 7) is 9.70. The van der Waals surface area contributed by atoms with Crippen LogP contribution in [0.4, 0.5) is 0 Å². The van der Waals surface area contributed by atoms with Crippen LogP contribution >= 0.6 is 0 Å². The molecule has 0 unspecified atom stereocenters. The predicted octanol–water partition coefficient (Wildman–Crippen LogP) is 3.12. The third kappa shape index (κ3) is 3.52. The van der Waals surface area contributed by atoms with Crippen molar-refractivity contribution in [3.8, 4) is 0 Å². The normalized spacial score (nSPS) is 17.5. The lowest BCUT2D eigenvalue weighted by atomic mass is 9.97. The maximum absolute atomic E-state index is 13.1. The van der Waals surface area contributed by atoms with E-state index in [9.17, 15) is 9.59 Å². The smallest absolute Gasteiger partial charge is 0.254 e. The molecule has 26 heavy (non-hydrogen) atoms. The number of carbonyl (C=O) groups is 2. The van der Waals surface area contributed by atoms with Crippen LogP contribution in [0.3, 0.4) is 0 Å². The number of carbonyl (C=O) groups excluding carboxylic acids is 2. The standard InChI is InChI=1S/C21H26N2O3/c1-14-5-6-15(2)20(17(14)4)21(25)22-8-9-23(16(3)12-22)19(24)11-18-7-10-26-13-18/h5-7,10,13,16H,8-9,11-12H2,1-4H3/t16-/m0/s1. The van der Waals surface area contributed by atoms with Crippen molar-refractivity contribution in [1.29, 1.82) is 0 Å². The largest absolute Gasteiger partial charge is 0.472 e. The van der Waals surface area contributed by atoms with Crippen molar-refractivity contribution in [2.24, 2.45) is 0 Å². The van der Waals surface area contributed by atoms with Crippen LogP contribution in [-0.4, -0.2) is 47.3 Å². The lowest BCUT2D eigenvalue weighted by Gasteiger charge is -2.40. The molecule has 138 valence electrons. The molecule has 0 radical (unpaired) electrons. The van der Waals surface area contributed by atoms with E-state index in [0.717, 1.165) is 27.8 Å². The third-order valence-electron chi connectivity index (χ3n) is 5.33. The van der Waals surface area contributed by atoms with E-state index in [4.69, 9.17) is 4.42 Å². The Morgan fingerprint density at radius 1 is 1.12 bits per heavy atom. The van der Waals surface area contributed by atoms with Gasteiger partial charge in [0, 0.05) is 31.2 Å². The van der Waals surface area contributed by atoms with Gasteiger partial charge < -0.3 is 14.2 Å². The van der Waals surface area contributed by atoms with Crippen molar-refractivity contribution in [3.63, 3.8) is 0 Å². The second-order valence-electron chi connectivity index (χ2n) is 7.20. The Balaban J connectivity index is 1.70. The summed E-state index contributed by atoms with van der Waals surface area (Å²) in [7, 11) is 0. The van der Waals surface area contributed by atoms with Crippen LogP contribution in [0, 0.1) is 20.8 Å². The van der Waals surface area contributed by atoms with Crippen molar-refractivity contribution in [2.75, 3.05) is 19.6 Å². The number of rotatable bonds is 3. The van der Waals surface area contributed by atoms with Crippen molar-refractivity contribution in [2.45, 2.75) is 40.2 Å². The number of nitrogens with zero attached hydrogens (tertiary/aromatic N) is 2. The second kappa shape index (κ2) is 7.36. The lowest BCUT2D eigenvalue weighted by Crippen LogP contribution is -2.55. The Morgan fingerprint density at radius 3 is 2.50 bits per heavy atom. The molecule has 2 aromatic rings. The molecule has 5 heteroatoms. The van der Waals surface area contributed by atoms with Gasteiger partial charge in [0.1, 0.15) is 0 Å². The first-order valence-corrected chi connectivity index (χ1v) is 9.05. The number of piperazine rings is 1. The molecule has 0 bridgehead atoms. The summed E-state index contributed by atoms with van der Waals surface area (Å²) in [5, 5.41) is 0. The van der Waals surface area contributed by atoms with Crippen LogP contribution in [0.5, 0.6) is 0 Å². The minimum atomic E-state index is -0.00229. The van der Waals surface area contributed by atoms with Crippen molar-refractivity contribution in [1.82, 2.24) is 9.80 Å². The first-order chi connectivity index (χ1) is 12.4. The fourth-order valence-electron chi connectivity index (χ4n) is 3.62. The molecule has 1 atom stereocenters. The molecule has 3 rings (SSSR count). The SMILES string of the molecule is Cc1ccc(C)c(C(=O)N2CCN(C(=O)Cc3ccoc3)[C@@H](C)C2)c1C. The molecule has 0 aliphatic carbocycles. The molecule has 1 aromatic carbocycles. The number of hydrogen-bond acceptors (Lipinski definition) is 3. The number of benzene rings is 1. The van der Waals surface area contributed by atoms with Crippen LogP contribution in [-0.2, 0) is 11.2 Å². The maximum Gasteiger partial charge on any atom is 0.254 e. The summed E-state index contributed by atoms with van der Waals surface area (Å²) in [5.74, 6) is 0.145. The fraction of sp³-hybridized carbons (Fsp3) is 0.429.